The SMILES string of the molecule is Nc1nc(COC(=O)/C=C/c2cc(Cl)c3c(c2)OCCO3)nc(Nc2ccccc2)n1. The van der Waals surface area contributed by atoms with Crippen LogP contribution in [0.5, 0.6) is 11.5 Å². The van der Waals surface area contributed by atoms with Crippen LogP contribution < -0.4 is 20.5 Å². The summed E-state index contributed by atoms with van der Waals surface area (Å²) < 4.78 is 16.2. The van der Waals surface area contributed by atoms with Crippen LogP contribution in [-0.4, -0.2) is 34.1 Å². The van der Waals surface area contributed by atoms with Crippen molar-refractivity contribution in [3.63, 3.8) is 0 Å². The molecule has 0 fully saturated rings. The summed E-state index contributed by atoms with van der Waals surface area (Å²) in [5.41, 5.74) is 7.19. The number of nitrogens with two attached hydrogens (primary N) is 1. The maximum atomic E-state index is 12.1. The number of nitrogens with one attached hydrogen (secondary N) is 1. The number of para-hydroxylation sites is 1. The highest BCUT2D eigenvalue weighted by molar-refractivity contribution is 6.32. The number of nitrogen functional groups attached to an aromatic ring is 1. The Balaban J connectivity index is 1.38. The van der Waals surface area contributed by atoms with Crippen LogP contribution in [0.15, 0.2) is 48.5 Å². The Hall–Kier alpha value is -3.85. The van der Waals surface area contributed by atoms with E-state index in [2.05, 4.69) is 20.3 Å². The average molecular weight is 440 g/mol. The molecule has 0 unspecified atom stereocenters. The fraction of sp³-hybridized carbons (Fsp3) is 0.143. The Morgan fingerprint density at radius 2 is 1.97 bits per heavy atom. The molecule has 0 amide bonds. The van der Waals surface area contributed by atoms with Gasteiger partial charge in [-0.15, -0.1) is 0 Å². The van der Waals surface area contributed by atoms with Gasteiger partial charge in [0.25, 0.3) is 0 Å². The molecule has 3 aromatic rings. The second kappa shape index (κ2) is 9.31. The summed E-state index contributed by atoms with van der Waals surface area (Å²) in [5.74, 6) is 0.940. The highest BCUT2D eigenvalue weighted by Gasteiger charge is 2.16. The largest absolute Gasteiger partial charge is 0.486 e. The zero-order valence-electron chi connectivity index (χ0n) is 16.2. The molecule has 9 nitrogen and oxygen atoms in total. The van der Waals surface area contributed by atoms with E-state index in [9.17, 15) is 4.79 Å². The maximum Gasteiger partial charge on any atom is 0.331 e. The first kappa shape index (κ1) is 20.4. The van der Waals surface area contributed by atoms with Crippen molar-refractivity contribution in [2.75, 3.05) is 24.3 Å². The molecule has 4 rings (SSSR count). The van der Waals surface area contributed by atoms with Crippen LogP contribution in [0.2, 0.25) is 5.02 Å². The number of aromatic nitrogens is 3. The topological polar surface area (TPSA) is 121 Å². The standard InChI is InChI=1S/C21H18ClN5O4/c22-15-10-13(11-16-19(15)30-9-8-29-16)6-7-18(28)31-12-17-25-20(23)27-21(26-17)24-14-4-2-1-3-5-14/h1-7,10-11H,8-9,12H2,(H3,23,24,25,26,27)/b7-6+. The van der Waals surface area contributed by atoms with Gasteiger partial charge < -0.3 is 25.3 Å². The van der Waals surface area contributed by atoms with Crippen LogP contribution in [-0.2, 0) is 16.1 Å². The third kappa shape index (κ3) is 5.40. The number of anilines is 3. The molecule has 1 aliphatic heterocycles. The molecule has 10 heteroatoms. The first-order valence-corrected chi connectivity index (χ1v) is 9.71. The average Bonchev–Trinajstić information content (AvgIpc) is 2.77. The van der Waals surface area contributed by atoms with E-state index in [4.69, 9.17) is 31.5 Å². The van der Waals surface area contributed by atoms with E-state index in [1.165, 1.54) is 6.08 Å². The number of carbonyl (C=O) groups excluding carboxylic acids is 1. The predicted molar refractivity (Wildman–Crippen MR) is 115 cm³/mol. The van der Waals surface area contributed by atoms with Gasteiger partial charge >= 0.3 is 5.97 Å². The molecule has 1 aliphatic rings. The van der Waals surface area contributed by atoms with Gasteiger partial charge in [-0.2, -0.15) is 15.0 Å². The highest BCUT2D eigenvalue weighted by Crippen LogP contribution is 2.38. The summed E-state index contributed by atoms with van der Waals surface area (Å²) in [6.07, 6.45) is 2.84. The lowest BCUT2D eigenvalue weighted by atomic mass is 10.2. The summed E-state index contributed by atoms with van der Waals surface area (Å²) in [5, 5.41) is 3.43. The van der Waals surface area contributed by atoms with Crippen molar-refractivity contribution in [2.24, 2.45) is 0 Å². The molecule has 0 spiro atoms. The van der Waals surface area contributed by atoms with Crippen molar-refractivity contribution in [1.82, 2.24) is 15.0 Å². The minimum atomic E-state index is -0.581. The lowest BCUT2D eigenvalue weighted by molar-refractivity contribution is -0.139. The van der Waals surface area contributed by atoms with Gasteiger partial charge in [0.05, 0.1) is 5.02 Å². The van der Waals surface area contributed by atoms with Crippen molar-refractivity contribution < 1.29 is 19.0 Å². The Morgan fingerprint density at radius 1 is 1.16 bits per heavy atom. The Morgan fingerprint density at radius 3 is 2.81 bits per heavy atom. The van der Waals surface area contributed by atoms with Crippen LogP contribution in [0.3, 0.4) is 0 Å². The molecule has 0 saturated carbocycles. The van der Waals surface area contributed by atoms with Gasteiger partial charge in [0, 0.05) is 11.8 Å². The lowest BCUT2D eigenvalue weighted by Crippen LogP contribution is -2.15. The number of hydrogen-bond donors (Lipinski definition) is 2. The Labute approximate surface area is 182 Å². The van der Waals surface area contributed by atoms with Crippen molar-refractivity contribution in [3.05, 3.63) is 65.0 Å². The van der Waals surface area contributed by atoms with Gasteiger partial charge in [-0.3, -0.25) is 0 Å². The molecular formula is C21H18ClN5O4. The first-order chi connectivity index (χ1) is 15.1. The first-order valence-electron chi connectivity index (χ1n) is 9.33. The molecule has 2 heterocycles. The number of carbonyl (C=O) groups is 1. The lowest BCUT2D eigenvalue weighted by Gasteiger charge is -2.19. The smallest absolute Gasteiger partial charge is 0.331 e. The van der Waals surface area contributed by atoms with Gasteiger partial charge in [-0.1, -0.05) is 29.8 Å². The fourth-order valence-corrected chi connectivity index (χ4v) is 3.06. The molecule has 158 valence electrons. The Bertz CT molecular complexity index is 1120. The molecule has 3 N–H and O–H groups in total. The number of halogens is 1. The third-order valence-corrected chi connectivity index (χ3v) is 4.38. The number of ether oxygens (including phenoxy) is 3. The van der Waals surface area contributed by atoms with Crippen molar-refractivity contribution in [3.8, 4) is 11.5 Å². The molecule has 0 radical (unpaired) electrons. The second-order valence-electron chi connectivity index (χ2n) is 6.39. The molecule has 0 aliphatic carbocycles. The molecular weight excluding hydrogens is 422 g/mol. The number of rotatable bonds is 6. The van der Waals surface area contributed by atoms with Crippen molar-refractivity contribution in [2.45, 2.75) is 6.61 Å². The summed E-state index contributed by atoms with van der Waals surface area (Å²) in [4.78, 5) is 24.3. The fourth-order valence-electron chi connectivity index (χ4n) is 2.78. The van der Waals surface area contributed by atoms with E-state index in [0.29, 0.717) is 35.3 Å². The molecule has 31 heavy (non-hydrogen) atoms. The second-order valence-corrected chi connectivity index (χ2v) is 6.80. The zero-order valence-corrected chi connectivity index (χ0v) is 17.0. The number of nitrogens with zero attached hydrogens (tertiary/aromatic N) is 3. The van der Waals surface area contributed by atoms with Crippen LogP contribution in [0.1, 0.15) is 11.4 Å². The summed E-state index contributed by atoms with van der Waals surface area (Å²) in [6.45, 7) is 0.717. The van der Waals surface area contributed by atoms with Crippen LogP contribution in [0.25, 0.3) is 6.08 Å². The quantitative estimate of drug-likeness (QED) is 0.439. The van der Waals surface area contributed by atoms with Crippen LogP contribution >= 0.6 is 11.6 Å². The predicted octanol–water partition coefficient (Wildman–Crippen LogP) is 3.38. The van der Waals surface area contributed by atoms with E-state index < -0.39 is 5.97 Å². The van der Waals surface area contributed by atoms with E-state index in [0.717, 1.165) is 5.69 Å². The summed E-state index contributed by atoms with van der Waals surface area (Å²) >= 11 is 6.20. The normalized spacial score (nSPS) is 12.5. The van der Waals surface area contributed by atoms with E-state index in [1.807, 2.05) is 30.3 Å². The Kier molecular flexibility index (Phi) is 6.13. The maximum absolute atomic E-state index is 12.1. The van der Waals surface area contributed by atoms with E-state index in [1.54, 1.807) is 18.2 Å². The summed E-state index contributed by atoms with van der Waals surface area (Å²) in [6, 6.07) is 12.8. The summed E-state index contributed by atoms with van der Waals surface area (Å²) in [7, 11) is 0. The van der Waals surface area contributed by atoms with Gasteiger partial charge in [0.1, 0.15) is 13.2 Å². The third-order valence-electron chi connectivity index (χ3n) is 4.10. The number of hydrogen-bond acceptors (Lipinski definition) is 9. The van der Waals surface area contributed by atoms with Gasteiger partial charge in [0.15, 0.2) is 23.9 Å². The molecule has 1 aromatic heterocycles. The van der Waals surface area contributed by atoms with E-state index >= 15 is 0 Å². The molecule has 0 saturated heterocycles. The monoisotopic (exact) mass is 439 g/mol. The van der Waals surface area contributed by atoms with Gasteiger partial charge in [-0.25, -0.2) is 4.79 Å². The molecule has 2 aromatic carbocycles. The van der Waals surface area contributed by atoms with Crippen LogP contribution in [0, 0.1) is 0 Å². The van der Waals surface area contributed by atoms with Crippen molar-refractivity contribution >= 4 is 41.2 Å². The number of benzene rings is 2. The van der Waals surface area contributed by atoms with E-state index in [-0.39, 0.29) is 24.3 Å². The zero-order chi connectivity index (χ0) is 21.6. The molecule has 0 atom stereocenters. The highest BCUT2D eigenvalue weighted by atomic mass is 35.5. The van der Waals surface area contributed by atoms with Crippen molar-refractivity contribution in [1.29, 1.82) is 0 Å². The number of esters is 1. The molecule has 0 bridgehead atoms. The minimum Gasteiger partial charge on any atom is -0.486 e. The minimum absolute atomic E-state index is 0.0148. The van der Waals surface area contributed by atoms with Crippen LogP contribution in [0.4, 0.5) is 17.6 Å². The number of fused-ring (bicyclic) bond motifs is 1. The van der Waals surface area contributed by atoms with Gasteiger partial charge in [-0.05, 0) is 35.9 Å². The van der Waals surface area contributed by atoms with Gasteiger partial charge in [0.2, 0.25) is 11.9 Å².